The zero-order chi connectivity index (χ0) is 15.6. The highest BCUT2D eigenvalue weighted by Gasteiger charge is 2.34. The monoisotopic (exact) mass is 380 g/mol. The van der Waals surface area contributed by atoms with Gasteiger partial charge in [0.15, 0.2) is 0 Å². The maximum Gasteiger partial charge on any atom is 0.243 e. The normalized spacial score (nSPS) is 20.0. The zero-order valence-corrected chi connectivity index (χ0v) is 14.3. The minimum atomic E-state index is -3.50. The summed E-state index contributed by atoms with van der Waals surface area (Å²) in [5.41, 5.74) is 0.981. The molecule has 0 amide bonds. The Morgan fingerprint density at radius 2 is 1.73 bits per heavy atom. The van der Waals surface area contributed by atoms with Crippen LogP contribution < -0.4 is 5.32 Å². The molecule has 0 bridgehead atoms. The van der Waals surface area contributed by atoms with Crippen LogP contribution in [0.1, 0.15) is 11.6 Å². The lowest BCUT2D eigenvalue weighted by molar-refractivity contribution is 0.271. The number of hydrogen-bond acceptors (Lipinski definition) is 3. The number of benzene rings is 2. The number of piperazine rings is 1. The number of halogens is 1. The van der Waals surface area contributed by atoms with E-state index in [-0.39, 0.29) is 6.04 Å². The number of nitrogens with one attached hydrogen (secondary N) is 1. The van der Waals surface area contributed by atoms with Gasteiger partial charge in [0.05, 0.1) is 10.9 Å². The van der Waals surface area contributed by atoms with Gasteiger partial charge in [0.1, 0.15) is 0 Å². The number of hydrogen-bond donors (Lipinski definition) is 1. The van der Waals surface area contributed by atoms with Gasteiger partial charge in [-0.05, 0) is 23.8 Å². The van der Waals surface area contributed by atoms with Crippen LogP contribution >= 0.6 is 15.9 Å². The van der Waals surface area contributed by atoms with Crippen molar-refractivity contribution >= 4 is 26.0 Å². The summed E-state index contributed by atoms with van der Waals surface area (Å²) in [5.74, 6) is 0. The second-order valence-electron chi connectivity index (χ2n) is 5.17. The summed E-state index contributed by atoms with van der Waals surface area (Å²) in [5, 5.41) is 3.29. The van der Waals surface area contributed by atoms with Crippen LogP contribution in [0.5, 0.6) is 0 Å². The Bertz CT molecular complexity index is 750. The molecule has 1 aliphatic heterocycles. The molecule has 1 saturated heterocycles. The number of rotatable bonds is 3. The van der Waals surface area contributed by atoms with E-state index in [0.29, 0.717) is 24.5 Å². The van der Waals surface area contributed by atoms with Crippen LogP contribution in [0.4, 0.5) is 0 Å². The van der Waals surface area contributed by atoms with Gasteiger partial charge in [0.2, 0.25) is 10.0 Å². The van der Waals surface area contributed by atoms with E-state index in [1.54, 1.807) is 28.6 Å². The first-order chi connectivity index (χ1) is 10.6. The first-order valence-electron chi connectivity index (χ1n) is 7.13. The Labute approximate surface area is 139 Å². The van der Waals surface area contributed by atoms with Crippen molar-refractivity contribution in [3.8, 4) is 0 Å². The fourth-order valence-electron chi connectivity index (χ4n) is 2.71. The van der Waals surface area contributed by atoms with Crippen molar-refractivity contribution in [2.75, 3.05) is 19.6 Å². The fourth-order valence-corrected chi connectivity index (χ4v) is 4.89. The van der Waals surface area contributed by atoms with Gasteiger partial charge in [-0.25, -0.2) is 8.42 Å². The molecule has 1 unspecified atom stereocenters. The highest BCUT2D eigenvalue weighted by atomic mass is 79.9. The summed E-state index contributed by atoms with van der Waals surface area (Å²) >= 11 is 3.53. The van der Waals surface area contributed by atoms with Gasteiger partial charge in [-0.1, -0.05) is 52.3 Å². The largest absolute Gasteiger partial charge is 0.313 e. The van der Waals surface area contributed by atoms with Crippen molar-refractivity contribution < 1.29 is 8.42 Å². The van der Waals surface area contributed by atoms with Crippen LogP contribution in [0.15, 0.2) is 64.0 Å². The van der Waals surface area contributed by atoms with Crippen LogP contribution in [0.3, 0.4) is 0 Å². The van der Waals surface area contributed by atoms with Gasteiger partial charge < -0.3 is 5.32 Å². The molecule has 4 nitrogen and oxygen atoms in total. The molecular weight excluding hydrogens is 364 g/mol. The lowest BCUT2D eigenvalue weighted by Gasteiger charge is -2.35. The molecule has 0 radical (unpaired) electrons. The molecule has 3 rings (SSSR count). The number of sulfonamides is 1. The SMILES string of the molecule is O=S(=O)(c1ccccc1)N1CCNCC1c1ccccc1Br. The van der Waals surface area contributed by atoms with Gasteiger partial charge >= 0.3 is 0 Å². The maximum atomic E-state index is 13.0. The van der Waals surface area contributed by atoms with Crippen molar-refractivity contribution in [1.29, 1.82) is 0 Å². The van der Waals surface area contributed by atoms with E-state index in [4.69, 9.17) is 0 Å². The fraction of sp³-hybridized carbons (Fsp3) is 0.250. The predicted molar refractivity (Wildman–Crippen MR) is 90.1 cm³/mol. The third-order valence-electron chi connectivity index (χ3n) is 3.81. The predicted octanol–water partition coefficient (Wildman–Crippen LogP) is 2.78. The highest BCUT2D eigenvalue weighted by molar-refractivity contribution is 9.10. The summed E-state index contributed by atoms with van der Waals surface area (Å²) in [6.07, 6.45) is 0. The molecule has 1 heterocycles. The quantitative estimate of drug-likeness (QED) is 0.890. The number of nitrogens with zero attached hydrogens (tertiary/aromatic N) is 1. The lowest BCUT2D eigenvalue weighted by atomic mass is 10.1. The van der Waals surface area contributed by atoms with Crippen molar-refractivity contribution in [2.24, 2.45) is 0 Å². The summed E-state index contributed by atoms with van der Waals surface area (Å²) < 4.78 is 28.5. The topological polar surface area (TPSA) is 49.4 Å². The van der Waals surface area contributed by atoms with Crippen LogP contribution in [0, 0.1) is 0 Å². The van der Waals surface area contributed by atoms with E-state index in [0.717, 1.165) is 10.0 Å². The third kappa shape index (κ3) is 2.96. The van der Waals surface area contributed by atoms with Gasteiger partial charge in [0.25, 0.3) is 0 Å². The first-order valence-corrected chi connectivity index (χ1v) is 9.36. The molecule has 1 aliphatic rings. The third-order valence-corrected chi connectivity index (χ3v) is 6.45. The van der Waals surface area contributed by atoms with Gasteiger partial charge in [-0.3, -0.25) is 0 Å². The Kier molecular flexibility index (Phi) is 4.63. The molecule has 2 aromatic carbocycles. The second kappa shape index (κ2) is 6.50. The molecule has 6 heteroatoms. The molecule has 0 aliphatic carbocycles. The molecule has 116 valence electrons. The summed E-state index contributed by atoms with van der Waals surface area (Å²) in [4.78, 5) is 0.342. The highest BCUT2D eigenvalue weighted by Crippen LogP contribution is 2.32. The summed E-state index contributed by atoms with van der Waals surface area (Å²) in [7, 11) is -3.50. The Morgan fingerprint density at radius 3 is 2.45 bits per heavy atom. The first kappa shape index (κ1) is 15.7. The van der Waals surface area contributed by atoms with E-state index >= 15 is 0 Å². The van der Waals surface area contributed by atoms with E-state index in [1.807, 2.05) is 30.3 Å². The molecule has 1 N–H and O–H groups in total. The van der Waals surface area contributed by atoms with E-state index in [2.05, 4.69) is 21.2 Å². The van der Waals surface area contributed by atoms with Crippen LogP contribution in [0.2, 0.25) is 0 Å². The molecule has 0 spiro atoms. The van der Waals surface area contributed by atoms with Crippen LogP contribution in [-0.4, -0.2) is 32.4 Å². The molecule has 0 saturated carbocycles. The maximum absolute atomic E-state index is 13.0. The molecule has 2 aromatic rings. The standard InChI is InChI=1S/C16H17BrN2O2S/c17-15-9-5-4-8-14(15)16-12-18-10-11-19(16)22(20,21)13-6-2-1-3-7-13/h1-9,16,18H,10-12H2. The minimum absolute atomic E-state index is 0.213. The molecule has 1 atom stereocenters. The molecule has 0 aromatic heterocycles. The minimum Gasteiger partial charge on any atom is -0.313 e. The van der Waals surface area contributed by atoms with E-state index in [9.17, 15) is 8.42 Å². The van der Waals surface area contributed by atoms with Crippen molar-refractivity contribution in [2.45, 2.75) is 10.9 Å². The van der Waals surface area contributed by atoms with Gasteiger partial charge in [-0.15, -0.1) is 0 Å². The van der Waals surface area contributed by atoms with Crippen molar-refractivity contribution in [1.82, 2.24) is 9.62 Å². The van der Waals surface area contributed by atoms with E-state index in [1.165, 1.54) is 0 Å². The second-order valence-corrected chi connectivity index (χ2v) is 7.92. The summed E-state index contributed by atoms with van der Waals surface area (Å²) in [6.45, 7) is 1.73. The summed E-state index contributed by atoms with van der Waals surface area (Å²) in [6, 6.07) is 16.2. The van der Waals surface area contributed by atoms with Crippen LogP contribution in [-0.2, 0) is 10.0 Å². The van der Waals surface area contributed by atoms with E-state index < -0.39 is 10.0 Å². The van der Waals surface area contributed by atoms with Gasteiger partial charge in [-0.2, -0.15) is 4.31 Å². The van der Waals surface area contributed by atoms with Crippen LogP contribution in [0.25, 0.3) is 0 Å². The van der Waals surface area contributed by atoms with Crippen molar-refractivity contribution in [3.63, 3.8) is 0 Å². The van der Waals surface area contributed by atoms with Crippen molar-refractivity contribution in [3.05, 3.63) is 64.6 Å². The molecule has 22 heavy (non-hydrogen) atoms. The molecule has 1 fully saturated rings. The van der Waals surface area contributed by atoms with Gasteiger partial charge in [0, 0.05) is 24.1 Å². The zero-order valence-electron chi connectivity index (χ0n) is 11.9. The Balaban J connectivity index is 2.02. The lowest BCUT2D eigenvalue weighted by Crippen LogP contribution is -2.48. The molecular formula is C16H17BrN2O2S. The Hall–Kier alpha value is -1.21. The Morgan fingerprint density at radius 1 is 1.05 bits per heavy atom. The smallest absolute Gasteiger partial charge is 0.243 e. The average molecular weight is 381 g/mol. The average Bonchev–Trinajstić information content (AvgIpc) is 2.56.